The Morgan fingerprint density at radius 1 is 1.26 bits per heavy atom. The van der Waals surface area contributed by atoms with Crippen molar-refractivity contribution in [2.75, 3.05) is 36.9 Å². The van der Waals surface area contributed by atoms with Gasteiger partial charge in [-0.15, -0.1) is 11.3 Å². The van der Waals surface area contributed by atoms with Crippen molar-refractivity contribution in [3.05, 3.63) is 40.2 Å². The number of aromatic nitrogens is 2. The molecule has 7 heterocycles. The minimum absolute atomic E-state index is 0.0963. The number of hydrogen-bond acceptors (Lipinski definition) is 9. The predicted octanol–water partition coefficient (Wildman–Crippen LogP) is 6.21. The molecule has 46 heavy (non-hydrogen) atoms. The van der Waals surface area contributed by atoms with Crippen LogP contribution in [-0.4, -0.2) is 70.9 Å². The molecule has 0 unspecified atom stereocenters. The number of alkyl halides is 1. The van der Waals surface area contributed by atoms with E-state index in [0.29, 0.717) is 63.2 Å². The van der Waals surface area contributed by atoms with E-state index in [1.54, 1.807) is 6.07 Å². The summed E-state index contributed by atoms with van der Waals surface area (Å²) in [5.74, 6) is 0.261. The molecule has 2 bridgehead atoms. The minimum Gasteiger partial charge on any atom is -0.461 e. The van der Waals surface area contributed by atoms with Crippen molar-refractivity contribution >= 4 is 54.7 Å². The second kappa shape index (κ2) is 10.3. The van der Waals surface area contributed by atoms with E-state index in [1.807, 2.05) is 12.1 Å². The lowest BCUT2D eigenvalue weighted by Crippen LogP contribution is -2.60. The first-order valence-corrected chi connectivity index (χ1v) is 17.4. The van der Waals surface area contributed by atoms with E-state index in [0.717, 1.165) is 49.0 Å². The van der Waals surface area contributed by atoms with E-state index < -0.39 is 17.5 Å². The fraction of sp³-hybridized carbons (Fsp3) is 0.500. The van der Waals surface area contributed by atoms with Crippen LogP contribution in [0.5, 0.6) is 6.01 Å². The smallest absolute Gasteiger partial charge is 0.319 e. The molecule has 0 spiro atoms. The molecule has 0 aliphatic carbocycles. The van der Waals surface area contributed by atoms with Crippen molar-refractivity contribution < 1.29 is 13.5 Å². The van der Waals surface area contributed by atoms with Crippen LogP contribution in [0.3, 0.4) is 0 Å². The van der Waals surface area contributed by atoms with Gasteiger partial charge in [0.25, 0.3) is 0 Å². The summed E-state index contributed by atoms with van der Waals surface area (Å²) < 4.78 is 39.0. The van der Waals surface area contributed by atoms with Gasteiger partial charge in [-0.05, 0) is 61.8 Å². The highest BCUT2D eigenvalue weighted by Crippen LogP contribution is 2.50. The highest BCUT2D eigenvalue weighted by Gasteiger charge is 2.50. The van der Waals surface area contributed by atoms with Gasteiger partial charge in [0, 0.05) is 53.3 Å². The molecule has 4 fully saturated rings. The van der Waals surface area contributed by atoms with Crippen LogP contribution in [-0.2, 0) is 6.42 Å². The highest BCUT2D eigenvalue weighted by atomic mass is 35.5. The Bertz CT molecular complexity index is 1980. The van der Waals surface area contributed by atoms with Crippen LogP contribution < -0.4 is 20.7 Å². The summed E-state index contributed by atoms with van der Waals surface area (Å²) in [7, 11) is 0. The Morgan fingerprint density at radius 2 is 2.13 bits per heavy atom. The van der Waals surface area contributed by atoms with Gasteiger partial charge in [-0.1, -0.05) is 30.7 Å². The standard InChI is InChI=1S/C34H34ClF2N7OS/c1-16-10-20-26-29(28(37)25(27(20)35)19-4-2-5-23-24(19)21(12-38)31(39)46-23)41-33(45-15-34-8-3-9-43(34)13-17(36)11-34)42-32(26)44-14-18-6-7-22(40-18)30(16)44/h2,4-5,16-18,22,30,40H,3,6-11,13-15,39H2,1H3/t16-,17+,18+,22-,30-,34-/m0/s1. The van der Waals surface area contributed by atoms with Crippen LogP contribution in [0.25, 0.3) is 32.1 Å². The zero-order valence-electron chi connectivity index (χ0n) is 25.5. The second-order valence-corrected chi connectivity index (χ2v) is 15.4. The number of nitrogens with two attached hydrogens (primary N) is 1. The molecule has 0 amide bonds. The maximum Gasteiger partial charge on any atom is 0.319 e. The normalized spacial score (nSPS) is 30.1. The van der Waals surface area contributed by atoms with Gasteiger partial charge in [0.2, 0.25) is 0 Å². The van der Waals surface area contributed by atoms with E-state index in [1.165, 1.54) is 11.3 Å². The first kappa shape index (κ1) is 28.9. The number of nitrogens with one attached hydrogen (secondary N) is 1. The van der Waals surface area contributed by atoms with Gasteiger partial charge < -0.3 is 20.7 Å². The zero-order valence-corrected chi connectivity index (χ0v) is 27.0. The van der Waals surface area contributed by atoms with Crippen LogP contribution in [0.15, 0.2) is 18.2 Å². The van der Waals surface area contributed by atoms with Gasteiger partial charge in [0.15, 0.2) is 5.82 Å². The van der Waals surface area contributed by atoms with Gasteiger partial charge in [-0.2, -0.15) is 15.2 Å². The van der Waals surface area contributed by atoms with E-state index in [2.05, 4.69) is 28.1 Å². The van der Waals surface area contributed by atoms with Crippen LogP contribution >= 0.6 is 22.9 Å². The third-order valence-corrected chi connectivity index (χ3v) is 12.7. The average molecular weight is 662 g/mol. The molecule has 9 rings (SSSR count). The Labute approximate surface area is 274 Å². The summed E-state index contributed by atoms with van der Waals surface area (Å²) in [4.78, 5) is 14.3. The number of thiophene rings is 1. The number of nitrogens with zero attached hydrogens (tertiary/aromatic N) is 5. The maximum atomic E-state index is 17.3. The summed E-state index contributed by atoms with van der Waals surface area (Å²) in [6.45, 7) is 4.49. The zero-order chi connectivity index (χ0) is 31.5. The van der Waals surface area contributed by atoms with Crippen molar-refractivity contribution in [3.8, 4) is 23.2 Å². The Morgan fingerprint density at radius 3 is 2.98 bits per heavy atom. The number of anilines is 2. The van der Waals surface area contributed by atoms with Gasteiger partial charge in [-0.3, -0.25) is 4.90 Å². The lowest BCUT2D eigenvalue weighted by atomic mass is 9.87. The number of ether oxygens (including phenoxy) is 1. The molecule has 0 saturated carbocycles. The summed E-state index contributed by atoms with van der Waals surface area (Å²) >= 11 is 8.60. The van der Waals surface area contributed by atoms with Crippen molar-refractivity contribution in [1.29, 1.82) is 5.26 Å². The molecule has 0 radical (unpaired) electrons. The summed E-state index contributed by atoms with van der Waals surface area (Å²) in [6, 6.07) is 8.58. The monoisotopic (exact) mass is 661 g/mol. The molecule has 8 nitrogen and oxygen atoms in total. The van der Waals surface area contributed by atoms with Crippen molar-refractivity contribution in [2.45, 2.75) is 75.3 Å². The van der Waals surface area contributed by atoms with Gasteiger partial charge in [0.1, 0.15) is 35.2 Å². The number of piperazine rings is 1. The van der Waals surface area contributed by atoms with Crippen LogP contribution in [0, 0.1) is 23.1 Å². The molecular weight excluding hydrogens is 628 g/mol. The molecule has 5 aliphatic rings. The Hall–Kier alpha value is -3.30. The number of nitriles is 1. The number of halogens is 3. The fourth-order valence-corrected chi connectivity index (χ4v) is 10.7. The number of hydrogen-bond donors (Lipinski definition) is 2. The molecule has 4 aromatic rings. The molecule has 12 heteroatoms. The van der Waals surface area contributed by atoms with Gasteiger partial charge >= 0.3 is 6.01 Å². The maximum absolute atomic E-state index is 17.3. The molecule has 238 valence electrons. The quantitative estimate of drug-likeness (QED) is 0.266. The SMILES string of the molecule is C[C@H]1Cc2c(Cl)c(-c3cccc4sc(N)c(C#N)c34)c(F)c3nc(OC[C@@]45CCCN4C[C@H](F)C5)nc(c23)N2C[C@H]3CC[C@H](N3)[C@H]12. The molecule has 2 aromatic carbocycles. The highest BCUT2D eigenvalue weighted by molar-refractivity contribution is 7.23. The number of rotatable bonds is 4. The molecule has 6 atom stereocenters. The topological polar surface area (TPSA) is 103 Å². The van der Waals surface area contributed by atoms with E-state index in [-0.39, 0.29) is 41.7 Å². The summed E-state index contributed by atoms with van der Waals surface area (Å²) in [6.07, 6.45) is 4.14. The van der Waals surface area contributed by atoms with Crippen molar-refractivity contribution in [2.24, 2.45) is 5.92 Å². The number of benzene rings is 2. The molecule has 3 N–H and O–H groups in total. The number of fused-ring (bicyclic) bond motifs is 7. The summed E-state index contributed by atoms with van der Waals surface area (Å²) in [5, 5.41) is 15.7. The lowest BCUT2D eigenvalue weighted by Gasteiger charge is -2.43. The predicted molar refractivity (Wildman–Crippen MR) is 177 cm³/mol. The minimum atomic E-state index is -0.887. The van der Waals surface area contributed by atoms with Crippen molar-refractivity contribution in [3.63, 3.8) is 0 Å². The average Bonchev–Trinajstić information content (AvgIpc) is 3.76. The van der Waals surface area contributed by atoms with E-state index in [9.17, 15) is 9.65 Å². The van der Waals surface area contributed by atoms with Crippen molar-refractivity contribution in [1.82, 2.24) is 20.2 Å². The summed E-state index contributed by atoms with van der Waals surface area (Å²) in [5.41, 5.74) is 7.86. The first-order valence-electron chi connectivity index (χ1n) is 16.2. The largest absolute Gasteiger partial charge is 0.461 e. The molecule has 5 aliphatic heterocycles. The Kier molecular flexibility index (Phi) is 6.50. The molecule has 4 saturated heterocycles. The number of nitrogen functional groups attached to an aromatic ring is 1. The first-order chi connectivity index (χ1) is 22.3. The third-order valence-electron chi connectivity index (χ3n) is 11.3. The van der Waals surface area contributed by atoms with E-state index in [4.69, 9.17) is 32.0 Å². The molecule has 2 aromatic heterocycles. The van der Waals surface area contributed by atoms with E-state index >= 15 is 4.39 Å². The van der Waals surface area contributed by atoms with Crippen LogP contribution in [0.1, 0.15) is 50.2 Å². The van der Waals surface area contributed by atoms with Crippen LogP contribution in [0.4, 0.5) is 19.6 Å². The lowest BCUT2D eigenvalue weighted by molar-refractivity contribution is 0.107. The Balaban J connectivity index is 1.27. The second-order valence-electron chi connectivity index (χ2n) is 13.9. The third kappa shape index (κ3) is 4.06. The molecular formula is C34H34ClF2N7OS. The van der Waals surface area contributed by atoms with Crippen LogP contribution in [0.2, 0.25) is 5.02 Å². The fourth-order valence-electron chi connectivity index (χ4n) is 9.39. The van der Waals surface area contributed by atoms with Gasteiger partial charge in [-0.25, -0.2) is 8.78 Å². The van der Waals surface area contributed by atoms with Gasteiger partial charge in [0.05, 0.1) is 21.5 Å².